The molecule has 0 bridgehead atoms. The third kappa shape index (κ3) is 3.66. The maximum absolute atomic E-state index is 11.6. The number of fused-ring (bicyclic) bond motifs is 1. The van der Waals surface area contributed by atoms with Gasteiger partial charge in [-0.2, -0.15) is 0 Å². The van der Waals surface area contributed by atoms with Crippen LogP contribution in [0.15, 0.2) is 30.5 Å². The second-order valence-electron chi connectivity index (χ2n) is 6.11. The Morgan fingerprint density at radius 1 is 1.42 bits per heavy atom. The van der Waals surface area contributed by atoms with Crippen molar-refractivity contribution in [3.8, 4) is 0 Å². The van der Waals surface area contributed by atoms with Crippen molar-refractivity contribution in [2.24, 2.45) is 0 Å². The summed E-state index contributed by atoms with van der Waals surface area (Å²) in [7, 11) is -2.42. The molecule has 0 radical (unpaired) electrons. The number of aromatic nitrogens is 1. The van der Waals surface area contributed by atoms with Gasteiger partial charge in [0.15, 0.2) is 6.23 Å². The lowest BCUT2D eigenvalue weighted by Gasteiger charge is -2.21. The molecule has 0 spiro atoms. The van der Waals surface area contributed by atoms with E-state index in [1.807, 2.05) is 0 Å². The highest BCUT2D eigenvalue weighted by molar-refractivity contribution is 7.51. The Labute approximate surface area is 148 Å². The summed E-state index contributed by atoms with van der Waals surface area (Å²) in [4.78, 5) is 19.9. The summed E-state index contributed by atoms with van der Waals surface area (Å²) in [6.45, 7) is 1.09. The van der Waals surface area contributed by atoms with Gasteiger partial charge in [-0.25, -0.2) is 0 Å². The van der Waals surface area contributed by atoms with Crippen LogP contribution < -0.4 is 0 Å². The summed E-state index contributed by atoms with van der Waals surface area (Å²) in [6, 6.07) is 5.99. The molecule has 3 rings (SSSR count). The largest absolute Gasteiger partial charge is 0.386 e. The fraction of sp³-hybridized carbons (Fsp3) is 0.467. The highest BCUT2D eigenvalue weighted by Gasteiger charge is 2.47. The second kappa shape index (κ2) is 7.07. The van der Waals surface area contributed by atoms with Crippen LogP contribution >= 0.6 is 7.60 Å². The van der Waals surface area contributed by atoms with Gasteiger partial charge in [-0.15, -0.1) is 0 Å². The van der Waals surface area contributed by atoms with Gasteiger partial charge in [-0.3, -0.25) is 19.2 Å². The van der Waals surface area contributed by atoms with Crippen molar-refractivity contribution in [2.45, 2.75) is 24.5 Å². The van der Waals surface area contributed by atoms with E-state index in [9.17, 15) is 24.7 Å². The van der Waals surface area contributed by atoms with E-state index < -0.39 is 37.1 Å². The van der Waals surface area contributed by atoms with Crippen molar-refractivity contribution in [1.29, 1.82) is 0 Å². The number of hydrogen-bond donors (Lipinski definition) is 2. The quantitative estimate of drug-likeness (QED) is 0.435. The lowest BCUT2D eigenvalue weighted by molar-refractivity contribution is -0.384. The van der Waals surface area contributed by atoms with E-state index in [0.717, 1.165) is 6.66 Å². The predicted octanol–water partition coefficient (Wildman–Crippen LogP) is 1.65. The zero-order valence-electron chi connectivity index (χ0n) is 14.1. The number of nitrogens with zero attached hydrogens (tertiary/aromatic N) is 2. The van der Waals surface area contributed by atoms with Gasteiger partial charge in [-0.1, -0.05) is 0 Å². The molecule has 0 saturated carbocycles. The third-order valence-electron chi connectivity index (χ3n) is 4.15. The normalized spacial score (nSPS) is 28.3. The molecule has 2 heterocycles. The lowest BCUT2D eigenvalue weighted by atomic mass is 10.1. The van der Waals surface area contributed by atoms with Crippen LogP contribution in [0.4, 0.5) is 5.69 Å². The van der Waals surface area contributed by atoms with Crippen LogP contribution in [0.25, 0.3) is 10.9 Å². The monoisotopic (exact) mass is 386 g/mol. The smallest absolute Gasteiger partial charge is 0.325 e. The minimum Gasteiger partial charge on any atom is -0.386 e. The van der Waals surface area contributed by atoms with E-state index in [4.69, 9.17) is 14.0 Å². The maximum Gasteiger partial charge on any atom is 0.325 e. The number of nitro benzene ring substituents is 1. The van der Waals surface area contributed by atoms with Crippen LogP contribution in [0.5, 0.6) is 0 Å². The Morgan fingerprint density at radius 3 is 2.77 bits per heavy atom. The Bertz CT molecular complexity index is 862. The average Bonchev–Trinajstić information content (AvgIpc) is 3.09. The molecular formula is C15H19N2O8P. The van der Waals surface area contributed by atoms with Crippen molar-refractivity contribution in [1.82, 2.24) is 4.57 Å². The van der Waals surface area contributed by atoms with Gasteiger partial charge in [0.1, 0.15) is 18.3 Å². The fourth-order valence-electron chi connectivity index (χ4n) is 3.09. The molecule has 142 valence electrons. The number of benzene rings is 1. The van der Waals surface area contributed by atoms with Gasteiger partial charge in [0.25, 0.3) is 5.69 Å². The molecule has 1 aliphatic heterocycles. The van der Waals surface area contributed by atoms with Gasteiger partial charge in [0.2, 0.25) is 0 Å². The van der Waals surface area contributed by atoms with Crippen molar-refractivity contribution >= 4 is 24.2 Å². The zero-order chi connectivity index (χ0) is 19.1. The number of aliphatic hydroxyl groups excluding tert-OH is 1. The molecule has 0 aliphatic carbocycles. The predicted molar refractivity (Wildman–Crippen MR) is 91.0 cm³/mol. The highest BCUT2D eigenvalue weighted by atomic mass is 31.2. The highest BCUT2D eigenvalue weighted by Crippen LogP contribution is 2.44. The Balaban J connectivity index is 1.94. The number of methoxy groups -OCH3 is 1. The standard InChI is InChI=1S/C15H19N2O8P/c1-23-8-12-14(25-26(2,21)22)13(18)15(24-12)16-6-5-9-7-10(17(19)20)3-4-11(9)16/h3-7,12-15,18H,8H2,1-2H3,(H,21,22)/t12-,13+,14?,15-/m1/s1. The Hall–Kier alpha value is -1.81. The summed E-state index contributed by atoms with van der Waals surface area (Å²) in [5, 5.41) is 22.1. The molecule has 2 N–H and O–H groups in total. The topological polar surface area (TPSA) is 133 Å². The minimum atomic E-state index is -3.86. The molecule has 1 aromatic heterocycles. The number of non-ortho nitro benzene ring substituents is 1. The van der Waals surface area contributed by atoms with Gasteiger partial charge in [0.05, 0.1) is 17.0 Å². The SMILES string of the molecule is COC[C@H]1O[C@@H](n2ccc3cc([N+](=O)[O-])ccc32)[C@@H](O)C1OP(C)(=O)O. The number of rotatable bonds is 6. The molecule has 2 aromatic rings. The third-order valence-corrected chi connectivity index (χ3v) is 4.78. The minimum absolute atomic E-state index is 0.0474. The van der Waals surface area contributed by atoms with Crippen LogP contribution in [0.2, 0.25) is 0 Å². The van der Waals surface area contributed by atoms with Gasteiger partial charge >= 0.3 is 7.60 Å². The van der Waals surface area contributed by atoms with E-state index in [2.05, 4.69) is 0 Å². The molecule has 1 aromatic carbocycles. The van der Waals surface area contributed by atoms with Crippen LogP contribution in [0, 0.1) is 10.1 Å². The first-order chi connectivity index (χ1) is 12.2. The van der Waals surface area contributed by atoms with Crippen molar-refractivity contribution < 1.29 is 33.5 Å². The Kier molecular flexibility index (Phi) is 5.16. The van der Waals surface area contributed by atoms with Crippen molar-refractivity contribution in [3.63, 3.8) is 0 Å². The van der Waals surface area contributed by atoms with E-state index in [0.29, 0.717) is 10.9 Å². The van der Waals surface area contributed by atoms with Crippen molar-refractivity contribution in [3.05, 3.63) is 40.6 Å². The van der Waals surface area contributed by atoms with E-state index in [1.165, 1.54) is 19.2 Å². The summed E-state index contributed by atoms with van der Waals surface area (Å²) in [5.41, 5.74) is 0.564. The molecule has 1 fully saturated rings. The van der Waals surface area contributed by atoms with E-state index in [-0.39, 0.29) is 12.3 Å². The Morgan fingerprint density at radius 2 is 2.15 bits per heavy atom. The molecule has 2 unspecified atom stereocenters. The van der Waals surface area contributed by atoms with Gasteiger partial charge in [-0.05, 0) is 12.1 Å². The first-order valence-electron chi connectivity index (χ1n) is 7.77. The van der Waals surface area contributed by atoms with Crippen LogP contribution in [-0.2, 0) is 18.6 Å². The summed E-state index contributed by atoms with van der Waals surface area (Å²) in [5.74, 6) is 0. The lowest BCUT2D eigenvalue weighted by Crippen LogP contribution is -2.35. The molecule has 0 amide bonds. The summed E-state index contributed by atoms with van der Waals surface area (Å²) in [6.07, 6.45) is -2.32. The molecular weight excluding hydrogens is 367 g/mol. The second-order valence-corrected chi connectivity index (χ2v) is 7.92. The first-order valence-corrected chi connectivity index (χ1v) is 9.80. The van der Waals surface area contributed by atoms with Crippen molar-refractivity contribution in [2.75, 3.05) is 20.4 Å². The zero-order valence-corrected chi connectivity index (χ0v) is 15.0. The number of ether oxygens (including phenoxy) is 2. The molecule has 5 atom stereocenters. The number of aliphatic hydroxyl groups is 1. The maximum atomic E-state index is 11.6. The molecule has 11 heteroatoms. The van der Waals surface area contributed by atoms with Gasteiger partial charge < -0.3 is 24.0 Å². The fourth-order valence-corrected chi connectivity index (χ4v) is 3.80. The average molecular weight is 386 g/mol. The number of nitro groups is 1. The van der Waals surface area contributed by atoms with E-state index >= 15 is 0 Å². The molecule has 26 heavy (non-hydrogen) atoms. The van der Waals surface area contributed by atoms with Crippen LogP contribution in [0.3, 0.4) is 0 Å². The molecule has 10 nitrogen and oxygen atoms in total. The van der Waals surface area contributed by atoms with E-state index in [1.54, 1.807) is 22.9 Å². The first kappa shape index (κ1) is 19.0. The van der Waals surface area contributed by atoms with Gasteiger partial charge in [0, 0.05) is 37.5 Å². The van der Waals surface area contributed by atoms with Crippen LogP contribution in [0.1, 0.15) is 6.23 Å². The molecule has 1 saturated heterocycles. The number of hydrogen-bond acceptors (Lipinski definition) is 7. The molecule has 1 aliphatic rings. The van der Waals surface area contributed by atoms with Crippen LogP contribution in [-0.4, -0.2) is 58.2 Å². The summed E-state index contributed by atoms with van der Waals surface area (Å²) < 4.78 is 29.2. The summed E-state index contributed by atoms with van der Waals surface area (Å²) >= 11 is 0.